The molecule has 1 unspecified atom stereocenters. The molecule has 0 spiro atoms. The van der Waals surface area contributed by atoms with Gasteiger partial charge in [-0.3, -0.25) is 4.84 Å². The molecule has 0 amide bonds. The first-order chi connectivity index (χ1) is 3.98. The maximum atomic E-state index is 9.49. The zero-order chi connectivity index (χ0) is 7.49. The average molecular weight is 137 g/mol. The Bertz CT molecular complexity index is 111. The van der Waals surface area contributed by atoms with Gasteiger partial charge in [0.2, 0.25) is 5.79 Å². The van der Waals surface area contributed by atoms with E-state index >= 15 is 0 Å². The zero-order valence-electron chi connectivity index (χ0n) is 4.77. The summed E-state index contributed by atoms with van der Waals surface area (Å²) in [6.07, 6.45) is 0. The van der Waals surface area contributed by atoms with Gasteiger partial charge in [0.15, 0.2) is 0 Å². The Morgan fingerprint density at radius 1 is 1.89 bits per heavy atom. The van der Waals surface area contributed by atoms with Crippen LogP contribution in [0.5, 0.6) is 0 Å². The number of hydrogen-bond acceptors (Lipinski definition) is 5. The molecule has 0 bridgehead atoms. The predicted molar refractivity (Wildman–Crippen MR) is 25.8 cm³/mol. The Balaban J connectivity index is 3.71. The summed E-state index contributed by atoms with van der Waals surface area (Å²) in [4.78, 5) is 13.1. The highest BCUT2D eigenvalue weighted by Crippen LogP contribution is 2.02. The summed E-state index contributed by atoms with van der Waals surface area (Å²) in [5.41, 5.74) is 0. The van der Waals surface area contributed by atoms with Gasteiger partial charge >= 0.3 is 0 Å². The third kappa shape index (κ3) is 3.68. The van der Waals surface area contributed by atoms with Gasteiger partial charge in [-0.25, -0.2) is 0 Å². The van der Waals surface area contributed by atoms with Crippen molar-refractivity contribution in [2.45, 2.75) is 12.7 Å². The van der Waals surface area contributed by atoms with Crippen molar-refractivity contribution >= 4 is 0 Å². The van der Waals surface area contributed by atoms with Crippen LogP contribution < -0.4 is 0 Å². The fourth-order valence-corrected chi connectivity index (χ4v) is 0.189. The van der Waals surface area contributed by atoms with E-state index < -0.39 is 17.5 Å². The van der Waals surface area contributed by atoms with Crippen molar-refractivity contribution in [1.29, 1.82) is 0 Å². The second kappa shape index (κ2) is 2.60. The molecule has 0 saturated carbocycles. The van der Waals surface area contributed by atoms with E-state index in [1.807, 2.05) is 0 Å². The van der Waals surface area contributed by atoms with Crippen LogP contribution in [0.25, 0.3) is 0 Å². The third-order valence-electron chi connectivity index (χ3n) is 0.565. The molecule has 1 atom stereocenters. The van der Waals surface area contributed by atoms with E-state index in [1.54, 1.807) is 0 Å². The fraction of sp³-hybridized carbons (Fsp3) is 1.00. The molecule has 6 heteroatoms. The largest absolute Gasteiger partial charge is 0.391 e. The van der Waals surface area contributed by atoms with E-state index in [-0.39, 0.29) is 0 Å². The number of nitrogens with zero attached hydrogens (tertiary/aromatic N) is 1. The Morgan fingerprint density at radius 3 is 2.44 bits per heavy atom. The van der Waals surface area contributed by atoms with Crippen molar-refractivity contribution < 1.29 is 20.1 Å². The molecule has 0 aromatic rings. The highest BCUT2D eigenvalue weighted by Gasteiger charge is 2.23. The molecule has 0 aliphatic rings. The minimum Gasteiger partial charge on any atom is -0.391 e. The zero-order valence-corrected chi connectivity index (χ0v) is 4.77. The van der Waals surface area contributed by atoms with E-state index in [1.165, 1.54) is 0 Å². The van der Waals surface area contributed by atoms with Crippen LogP contribution in [0.2, 0.25) is 0 Å². The molecule has 0 radical (unpaired) electrons. The second-order valence-corrected chi connectivity index (χ2v) is 1.65. The summed E-state index contributed by atoms with van der Waals surface area (Å²) in [5.74, 6) is -2.08. The smallest absolute Gasteiger partial charge is 0.297 e. The van der Waals surface area contributed by atoms with Gasteiger partial charge in [0.1, 0.15) is 0 Å². The average Bonchev–Trinajstić information content (AvgIpc) is 1.63. The summed E-state index contributed by atoms with van der Waals surface area (Å²) >= 11 is 0. The van der Waals surface area contributed by atoms with Crippen LogP contribution >= 0.6 is 0 Å². The molecule has 0 heterocycles. The molecule has 9 heavy (non-hydrogen) atoms. The van der Waals surface area contributed by atoms with Gasteiger partial charge in [-0.15, -0.1) is 10.1 Å². The van der Waals surface area contributed by atoms with Crippen LogP contribution in [-0.2, 0) is 4.84 Å². The fourth-order valence-electron chi connectivity index (χ4n) is 0.189. The lowest BCUT2D eigenvalue weighted by molar-refractivity contribution is -0.794. The predicted octanol–water partition coefficient (Wildman–Crippen LogP) is -1.10. The monoisotopic (exact) mass is 137 g/mol. The normalized spacial score (nSPS) is 16.3. The van der Waals surface area contributed by atoms with Gasteiger partial charge in [-0.05, 0) is 6.92 Å². The first kappa shape index (κ1) is 8.12. The summed E-state index contributed by atoms with van der Waals surface area (Å²) < 4.78 is 0. The van der Waals surface area contributed by atoms with Crippen molar-refractivity contribution in [3.05, 3.63) is 10.1 Å². The van der Waals surface area contributed by atoms with Gasteiger partial charge in [0.05, 0.1) is 6.61 Å². The van der Waals surface area contributed by atoms with Crippen LogP contribution in [0.3, 0.4) is 0 Å². The summed E-state index contributed by atoms with van der Waals surface area (Å²) in [5, 5.41) is 25.1. The standard InChI is InChI=1S/C3H7NO5/c1-3(6,2-5)9-4(7)8/h5-6H,2H2,1H3. The Kier molecular flexibility index (Phi) is 2.35. The number of hydrogen-bond donors (Lipinski definition) is 2. The Hall–Kier alpha value is -0.880. The second-order valence-electron chi connectivity index (χ2n) is 1.65. The quantitative estimate of drug-likeness (QED) is 0.292. The van der Waals surface area contributed by atoms with E-state index in [0.717, 1.165) is 6.92 Å². The van der Waals surface area contributed by atoms with Crippen LogP contribution in [0, 0.1) is 10.1 Å². The molecule has 0 aromatic carbocycles. The van der Waals surface area contributed by atoms with E-state index in [0.29, 0.717) is 0 Å². The highest BCUT2D eigenvalue weighted by atomic mass is 17.0. The van der Waals surface area contributed by atoms with Crippen LogP contribution in [-0.4, -0.2) is 27.7 Å². The third-order valence-corrected chi connectivity index (χ3v) is 0.565. The topological polar surface area (TPSA) is 92.8 Å². The summed E-state index contributed by atoms with van der Waals surface area (Å²) in [7, 11) is 0. The lowest BCUT2D eigenvalue weighted by Gasteiger charge is -2.15. The van der Waals surface area contributed by atoms with Crippen molar-refractivity contribution in [2.24, 2.45) is 0 Å². The molecule has 0 aromatic heterocycles. The number of aliphatic hydroxyl groups is 2. The Labute approximate surface area is 50.8 Å². The first-order valence-electron chi connectivity index (χ1n) is 2.15. The lowest BCUT2D eigenvalue weighted by Crippen LogP contribution is -2.34. The SMILES string of the molecule is CC(O)(CO)O[N+](=O)[O-]. The van der Waals surface area contributed by atoms with E-state index in [2.05, 4.69) is 4.84 Å². The molecule has 0 aliphatic carbocycles. The minimum atomic E-state index is -2.08. The van der Waals surface area contributed by atoms with E-state index in [9.17, 15) is 10.1 Å². The highest BCUT2D eigenvalue weighted by molar-refractivity contribution is 4.51. The van der Waals surface area contributed by atoms with Crippen molar-refractivity contribution in [1.82, 2.24) is 0 Å². The number of aliphatic hydroxyl groups excluding tert-OH is 1. The summed E-state index contributed by atoms with van der Waals surface area (Å²) in [6, 6.07) is 0. The molecule has 0 aliphatic heterocycles. The first-order valence-corrected chi connectivity index (χ1v) is 2.15. The van der Waals surface area contributed by atoms with E-state index in [4.69, 9.17) is 10.2 Å². The molecule has 0 saturated heterocycles. The minimum absolute atomic E-state index is 0.812. The maximum Gasteiger partial charge on any atom is 0.297 e. The molecule has 6 nitrogen and oxygen atoms in total. The van der Waals surface area contributed by atoms with Crippen LogP contribution in [0.4, 0.5) is 0 Å². The van der Waals surface area contributed by atoms with Crippen molar-refractivity contribution in [2.75, 3.05) is 6.61 Å². The molecular weight excluding hydrogens is 130 g/mol. The van der Waals surface area contributed by atoms with Gasteiger partial charge in [0, 0.05) is 0 Å². The van der Waals surface area contributed by atoms with Crippen LogP contribution in [0.1, 0.15) is 6.92 Å². The molecule has 0 rings (SSSR count). The van der Waals surface area contributed by atoms with Gasteiger partial charge in [0.25, 0.3) is 5.09 Å². The Morgan fingerprint density at radius 2 is 2.33 bits per heavy atom. The van der Waals surface area contributed by atoms with Crippen molar-refractivity contribution in [3.63, 3.8) is 0 Å². The molecule has 0 fully saturated rings. The van der Waals surface area contributed by atoms with Crippen molar-refractivity contribution in [3.8, 4) is 0 Å². The lowest BCUT2D eigenvalue weighted by atomic mass is 10.4. The molecule has 54 valence electrons. The molecule has 2 N–H and O–H groups in total. The van der Waals surface area contributed by atoms with Gasteiger partial charge in [-0.2, -0.15) is 0 Å². The summed E-state index contributed by atoms with van der Waals surface area (Å²) in [6.45, 7) is 0.170. The number of rotatable bonds is 3. The van der Waals surface area contributed by atoms with Gasteiger partial charge < -0.3 is 10.2 Å². The maximum absolute atomic E-state index is 9.49. The molecular formula is C3H7NO5. The van der Waals surface area contributed by atoms with Gasteiger partial charge in [-0.1, -0.05) is 0 Å². The van der Waals surface area contributed by atoms with Crippen LogP contribution in [0.15, 0.2) is 0 Å².